The molecule has 5 heteroatoms. The summed E-state index contributed by atoms with van der Waals surface area (Å²) in [6.45, 7) is 3.92. The highest BCUT2D eigenvalue weighted by Crippen LogP contribution is 2.04. The molecule has 0 spiro atoms. The first-order valence-electron chi connectivity index (χ1n) is 5.10. The van der Waals surface area contributed by atoms with E-state index in [0.29, 0.717) is 13.0 Å². The number of carboxylic acids is 1. The average Bonchev–Trinajstić information content (AvgIpc) is 2.18. The fraction of sp³-hybridized carbons (Fsp3) is 0.800. The lowest BCUT2D eigenvalue weighted by Crippen LogP contribution is -2.43. The zero-order chi connectivity index (χ0) is 11.8. The largest absolute Gasteiger partial charge is 0.480 e. The summed E-state index contributed by atoms with van der Waals surface area (Å²) in [5.74, 6) is -1.24. The van der Waals surface area contributed by atoms with Gasteiger partial charge in [-0.1, -0.05) is 13.8 Å². The van der Waals surface area contributed by atoms with Crippen molar-refractivity contribution >= 4 is 11.9 Å². The van der Waals surface area contributed by atoms with Crippen LogP contribution in [0.2, 0.25) is 0 Å². The zero-order valence-corrected chi connectivity index (χ0v) is 9.52. The van der Waals surface area contributed by atoms with Crippen LogP contribution in [-0.2, 0) is 14.3 Å². The summed E-state index contributed by atoms with van der Waals surface area (Å²) >= 11 is 0. The standard InChI is InChI=1S/C10H19NO4/c1-4-6-11(7-9(12)13)10(14)8(5-2)15-3/h8H,4-7H2,1-3H3,(H,12,13). The highest BCUT2D eigenvalue weighted by atomic mass is 16.5. The number of carbonyl (C=O) groups excluding carboxylic acids is 1. The van der Waals surface area contributed by atoms with Gasteiger partial charge in [0.05, 0.1) is 0 Å². The Bertz CT molecular complexity index is 213. The van der Waals surface area contributed by atoms with Crippen LogP contribution in [0.25, 0.3) is 0 Å². The van der Waals surface area contributed by atoms with Gasteiger partial charge < -0.3 is 14.7 Å². The Balaban J connectivity index is 4.45. The minimum atomic E-state index is -0.997. The van der Waals surface area contributed by atoms with E-state index in [1.54, 1.807) is 0 Å². The van der Waals surface area contributed by atoms with Crippen LogP contribution in [0.4, 0.5) is 0 Å². The molecule has 0 bridgehead atoms. The number of nitrogens with zero attached hydrogens (tertiary/aromatic N) is 1. The number of methoxy groups -OCH3 is 1. The van der Waals surface area contributed by atoms with Crippen LogP contribution < -0.4 is 0 Å². The molecule has 0 aromatic rings. The molecule has 0 aliphatic rings. The van der Waals surface area contributed by atoms with Crippen molar-refractivity contribution in [1.82, 2.24) is 4.90 Å². The number of rotatable bonds is 7. The summed E-state index contributed by atoms with van der Waals surface area (Å²) in [5.41, 5.74) is 0. The molecule has 1 amide bonds. The van der Waals surface area contributed by atoms with Gasteiger partial charge in [0.2, 0.25) is 0 Å². The number of aliphatic carboxylic acids is 1. The highest BCUT2D eigenvalue weighted by Gasteiger charge is 2.23. The zero-order valence-electron chi connectivity index (χ0n) is 9.52. The molecule has 15 heavy (non-hydrogen) atoms. The van der Waals surface area contributed by atoms with Crippen molar-refractivity contribution in [2.75, 3.05) is 20.2 Å². The maximum atomic E-state index is 11.8. The normalized spacial score (nSPS) is 12.2. The first-order chi connectivity index (χ1) is 7.06. The maximum Gasteiger partial charge on any atom is 0.323 e. The molecule has 0 aliphatic heterocycles. The van der Waals surface area contributed by atoms with E-state index in [0.717, 1.165) is 6.42 Å². The van der Waals surface area contributed by atoms with E-state index >= 15 is 0 Å². The molecule has 88 valence electrons. The summed E-state index contributed by atoms with van der Waals surface area (Å²) in [4.78, 5) is 23.6. The number of hydrogen-bond donors (Lipinski definition) is 1. The lowest BCUT2D eigenvalue weighted by Gasteiger charge is -2.24. The van der Waals surface area contributed by atoms with E-state index < -0.39 is 12.1 Å². The number of hydrogen-bond acceptors (Lipinski definition) is 3. The van der Waals surface area contributed by atoms with Crippen molar-refractivity contribution in [3.63, 3.8) is 0 Å². The molecular weight excluding hydrogens is 198 g/mol. The van der Waals surface area contributed by atoms with Crippen molar-refractivity contribution in [2.45, 2.75) is 32.8 Å². The van der Waals surface area contributed by atoms with Crippen molar-refractivity contribution in [3.05, 3.63) is 0 Å². The third-order valence-corrected chi connectivity index (χ3v) is 2.06. The van der Waals surface area contributed by atoms with Gasteiger partial charge in [-0.2, -0.15) is 0 Å². The summed E-state index contributed by atoms with van der Waals surface area (Å²) in [6, 6.07) is 0. The quantitative estimate of drug-likeness (QED) is 0.682. The fourth-order valence-corrected chi connectivity index (χ4v) is 1.35. The Hall–Kier alpha value is -1.10. The average molecular weight is 217 g/mol. The molecule has 0 radical (unpaired) electrons. The van der Waals surface area contributed by atoms with Crippen LogP contribution in [0.5, 0.6) is 0 Å². The molecule has 1 unspecified atom stereocenters. The molecule has 0 saturated carbocycles. The first kappa shape index (κ1) is 13.9. The summed E-state index contributed by atoms with van der Waals surface area (Å²) in [6.07, 6.45) is 0.754. The maximum absolute atomic E-state index is 11.8. The number of amides is 1. The highest BCUT2D eigenvalue weighted by molar-refractivity contribution is 5.84. The van der Waals surface area contributed by atoms with Gasteiger partial charge in [-0.3, -0.25) is 9.59 Å². The summed E-state index contributed by atoms with van der Waals surface area (Å²) < 4.78 is 4.99. The Morgan fingerprint density at radius 3 is 2.33 bits per heavy atom. The van der Waals surface area contributed by atoms with E-state index in [9.17, 15) is 9.59 Å². The molecule has 0 saturated heterocycles. The molecule has 0 rings (SSSR count). The minimum absolute atomic E-state index is 0.246. The van der Waals surface area contributed by atoms with Crippen LogP contribution in [0, 0.1) is 0 Å². The van der Waals surface area contributed by atoms with E-state index in [1.807, 2.05) is 13.8 Å². The van der Waals surface area contributed by atoms with Gasteiger partial charge in [0.25, 0.3) is 5.91 Å². The van der Waals surface area contributed by atoms with Crippen LogP contribution >= 0.6 is 0 Å². The van der Waals surface area contributed by atoms with Crippen molar-refractivity contribution in [2.24, 2.45) is 0 Å². The number of ether oxygens (including phenoxy) is 1. The van der Waals surface area contributed by atoms with Gasteiger partial charge in [-0.15, -0.1) is 0 Å². The Kier molecular flexibility index (Phi) is 6.70. The first-order valence-corrected chi connectivity index (χ1v) is 5.10. The van der Waals surface area contributed by atoms with Crippen LogP contribution in [0.1, 0.15) is 26.7 Å². The smallest absolute Gasteiger partial charge is 0.323 e. The molecular formula is C10H19NO4. The van der Waals surface area contributed by atoms with E-state index in [-0.39, 0.29) is 12.5 Å². The Morgan fingerprint density at radius 1 is 1.40 bits per heavy atom. The van der Waals surface area contributed by atoms with Gasteiger partial charge in [0, 0.05) is 13.7 Å². The second kappa shape index (κ2) is 7.23. The molecule has 0 fully saturated rings. The molecule has 0 heterocycles. The predicted molar refractivity (Wildman–Crippen MR) is 55.6 cm³/mol. The Labute approximate surface area is 90.0 Å². The SMILES string of the molecule is CCCN(CC(=O)O)C(=O)C(CC)OC. The topological polar surface area (TPSA) is 66.8 Å². The number of carbonyl (C=O) groups is 2. The number of carboxylic acid groups (broad SMARTS) is 1. The van der Waals surface area contributed by atoms with E-state index in [2.05, 4.69) is 0 Å². The van der Waals surface area contributed by atoms with Gasteiger partial charge in [-0.25, -0.2) is 0 Å². The minimum Gasteiger partial charge on any atom is -0.480 e. The van der Waals surface area contributed by atoms with Crippen molar-refractivity contribution in [3.8, 4) is 0 Å². The molecule has 0 aliphatic carbocycles. The lowest BCUT2D eigenvalue weighted by molar-refractivity contribution is -0.149. The second-order valence-electron chi connectivity index (χ2n) is 3.29. The van der Waals surface area contributed by atoms with E-state index in [1.165, 1.54) is 12.0 Å². The van der Waals surface area contributed by atoms with Crippen molar-refractivity contribution in [1.29, 1.82) is 0 Å². The van der Waals surface area contributed by atoms with Crippen molar-refractivity contribution < 1.29 is 19.4 Å². The molecule has 0 aromatic carbocycles. The van der Waals surface area contributed by atoms with Gasteiger partial charge >= 0.3 is 5.97 Å². The third-order valence-electron chi connectivity index (χ3n) is 2.06. The molecule has 1 atom stereocenters. The van der Waals surface area contributed by atoms with E-state index in [4.69, 9.17) is 9.84 Å². The van der Waals surface area contributed by atoms with Gasteiger partial charge in [0.1, 0.15) is 12.6 Å². The van der Waals surface area contributed by atoms with Crippen LogP contribution in [0.15, 0.2) is 0 Å². The monoisotopic (exact) mass is 217 g/mol. The Morgan fingerprint density at radius 2 is 2.00 bits per heavy atom. The lowest BCUT2D eigenvalue weighted by atomic mass is 10.2. The molecule has 1 N–H and O–H groups in total. The predicted octanol–water partition coefficient (Wildman–Crippen LogP) is 0.735. The molecule has 0 aromatic heterocycles. The summed E-state index contributed by atoms with van der Waals surface area (Å²) in [5, 5.41) is 8.65. The fourth-order valence-electron chi connectivity index (χ4n) is 1.35. The third kappa shape index (κ3) is 4.78. The van der Waals surface area contributed by atoms with Crippen LogP contribution in [-0.4, -0.2) is 48.2 Å². The second-order valence-corrected chi connectivity index (χ2v) is 3.29. The molecule has 5 nitrogen and oxygen atoms in total. The van der Waals surface area contributed by atoms with Crippen LogP contribution in [0.3, 0.4) is 0 Å². The van der Waals surface area contributed by atoms with Gasteiger partial charge in [-0.05, 0) is 12.8 Å². The van der Waals surface area contributed by atoms with Gasteiger partial charge in [0.15, 0.2) is 0 Å². The summed E-state index contributed by atoms with van der Waals surface area (Å²) in [7, 11) is 1.46.